The lowest BCUT2D eigenvalue weighted by Gasteiger charge is -2.10. The van der Waals surface area contributed by atoms with E-state index in [4.69, 9.17) is 15.2 Å². The highest BCUT2D eigenvalue weighted by molar-refractivity contribution is 6.02. The molecule has 0 aliphatic carbocycles. The third-order valence-electron chi connectivity index (χ3n) is 3.57. The van der Waals surface area contributed by atoms with Crippen molar-refractivity contribution in [2.45, 2.75) is 13.0 Å². The van der Waals surface area contributed by atoms with Crippen LogP contribution in [-0.2, 0) is 9.59 Å². The van der Waals surface area contributed by atoms with Crippen LogP contribution in [-0.4, -0.2) is 32.1 Å². The third-order valence-corrected chi connectivity index (χ3v) is 3.57. The zero-order chi connectivity index (χ0) is 21.2. The van der Waals surface area contributed by atoms with Crippen molar-refractivity contribution in [1.82, 2.24) is 0 Å². The van der Waals surface area contributed by atoms with Gasteiger partial charge >= 0.3 is 6.61 Å². The Kier molecular flexibility index (Phi) is 7.96. The van der Waals surface area contributed by atoms with Gasteiger partial charge in [-0.25, -0.2) is 0 Å². The van der Waals surface area contributed by atoms with Gasteiger partial charge in [0.15, 0.2) is 11.5 Å². The van der Waals surface area contributed by atoms with E-state index in [0.29, 0.717) is 17.0 Å². The molecule has 0 fully saturated rings. The van der Waals surface area contributed by atoms with Crippen LogP contribution in [0.2, 0.25) is 0 Å². The topological polar surface area (TPSA) is 99.9 Å². The van der Waals surface area contributed by atoms with Crippen LogP contribution in [0, 0.1) is 0 Å². The monoisotopic (exact) mass is 406 g/mol. The first-order chi connectivity index (χ1) is 13.9. The molecule has 2 aromatic carbocycles. The van der Waals surface area contributed by atoms with Crippen molar-refractivity contribution in [1.29, 1.82) is 0 Å². The molecule has 29 heavy (non-hydrogen) atoms. The number of benzene rings is 2. The highest BCUT2D eigenvalue weighted by Gasteiger charge is 2.10. The minimum atomic E-state index is -2.96. The molecule has 2 amide bonds. The van der Waals surface area contributed by atoms with E-state index in [0.717, 1.165) is 0 Å². The number of hydrogen-bond donors (Lipinski definition) is 2. The minimum absolute atomic E-state index is 0.0951. The number of halogens is 2. The molecule has 0 radical (unpaired) electrons. The van der Waals surface area contributed by atoms with Crippen molar-refractivity contribution in [3.63, 3.8) is 0 Å². The molecule has 0 saturated heterocycles. The summed E-state index contributed by atoms with van der Waals surface area (Å²) in [6.07, 6.45) is 2.91. The zero-order valence-corrected chi connectivity index (χ0v) is 15.6. The number of rotatable bonds is 10. The fourth-order valence-corrected chi connectivity index (χ4v) is 2.24. The molecule has 7 nitrogen and oxygen atoms in total. The molecule has 3 N–H and O–H groups in total. The molecular weight excluding hydrogens is 386 g/mol. The number of methoxy groups -OCH3 is 1. The maximum absolute atomic E-state index is 12.3. The van der Waals surface area contributed by atoms with Crippen molar-refractivity contribution in [2.24, 2.45) is 5.73 Å². The van der Waals surface area contributed by atoms with Gasteiger partial charge in [-0.15, -0.1) is 0 Å². The molecular formula is C20H20F2N2O5. The predicted molar refractivity (Wildman–Crippen MR) is 103 cm³/mol. The molecule has 0 bridgehead atoms. The summed E-state index contributed by atoms with van der Waals surface area (Å²) < 4.78 is 39.4. The SMILES string of the molecule is COc1cc(C=CC(=O)Nc2ccc(OCCC(N)=O)cc2)ccc1OC(F)F. The van der Waals surface area contributed by atoms with Gasteiger partial charge in [-0.05, 0) is 48.0 Å². The number of nitrogens with one attached hydrogen (secondary N) is 1. The summed E-state index contributed by atoms with van der Waals surface area (Å²) in [5, 5.41) is 2.67. The molecule has 0 aliphatic heterocycles. The molecule has 2 rings (SSSR count). The fourth-order valence-electron chi connectivity index (χ4n) is 2.24. The molecule has 0 unspecified atom stereocenters. The van der Waals surface area contributed by atoms with E-state index >= 15 is 0 Å². The molecule has 9 heteroatoms. The summed E-state index contributed by atoms with van der Waals surface area (Å²) in [6, 6.07) is 10.9. The Morgan fingerprint density at radius 3 is 2.48 bits per heavy atom. The van der Waals surface area contributed by atoms with E-state index < -0.39 is 12.5 Å². The van der Waals surface area contributed by atoms with Crippen LogP contribution in [0.3, 0.4) is 0 Å². The average Bonchev–Trinajstić information content (AvgIpc) is 2.68. The van der Waals surface area contributed by atoms with Gasteiger partial charge in [-0.2, -0.15) is 8.78 Å². The second kappa shape index (κ2) is 10.6. The number of nitrogens with two attached hydrogens (primary N) is 1. The number of hydrogen-bond acceptors (Lipinski definition) is 5. The number of primary amides is 1. The van der Waals surface area contributed by atoms with E-state index in [2.05, 4.69) is 10.1 Å². The van der Waals surface area contributed by atoms with E-state index in [-0.39, 0.29) is 30.4 Å². The summed E-state index contributed by atoms with van der Waals surface area (Å²) >= 11 is 0. The van der Waals surface area contributed by atoms with E-state index in [1.807, 2.05) is 0 Å². The average molecular weight is 406 g/mol. The molecule has 0 saturated carbocycles. The standard InChI is InChI=1S/C20H20F2N2O5/c1-27-17-12-13(2-8-16(17)29-20(21)22)3-9-19(26)24-14-4-6-15(7-5-14)28-11-10-18(23)25/h2-9,12,20H,10-11H2,1H3,(H2,23,25)(H,24,26). The van der Waals surface area contributed by atoms with Crippen LogP contribution in [0.4, 0.5) is 14.5 Å². The van der Waals surface area contributed by atoms with Crippen LogP contribution < -0.4 is 25.3 Å². The van der Waals surface area contributed by atoms with Crippen molar-refractivity contribution in [3.05, 3.63) is 54.1 Å². The molecule has 0 aromatic heterocycles. The van der Waals surface area contributed by atoms with E-state index in [9.17, 15) is 18.4 Å². The van der Waals surface area contributed by atoms with Crippen molar-refractivity contribution < 1.29 is 32.6 Å². The minimum Gasteiger partial charge on any atom is -0.493 e. The number of carbonyl (C=O) groups is 2. The maximum atomic E-state index is 12.3. The van der Waals surface area contributed by atoms with Gasteiger partial charge in [-0.1, -0.05) is 6.07 Å². The van der Waals surface area contributed by atoms with Crippen LogP contribution in [0.5, 0.6) is 17.2 Å². The summed E-state index contributed by atoms with van der Waals surface area (Å²) in [5.74, 6) is -0.270. The highest BCUT2D eigenvalue weighted by Crippen LogP contribution is 2.29. The first-order valence-corrected chi connectivity index (χ1v) is 8.50. The Labute approximate surface area is 166 Å². The van der Waals surface area contributed by atoms with Crippen molar-refractivity contribution in [2.75, 3.05) is 19.0 Å². The number of anilines is 1. The molecule has 0 aliphatic rings. The van der Waals surface area contributed by atoms with Gasteiger partial charge in [0.25, 0.3) is 0 Å². The molecule has 0 atom stereocenters. The molecule has 154 valence electrons. The first-order valence-electron chi connectivity index (χ1n) is 8.50. The first kappa shape index (κ1) is 21.7. The normalized spacial score (nSPS) is 10.8. The number of alkyl halides is 2. The zero-order valence-electron chi connectivity index (χ0n) is 15.6. The fraction of sp³-hybridized carbons (Fsp3) is 0.200. The summed E-state index contributed by atoms with van der Waals surface area (Å²) in [4.78, 5) is 22.7. The van der Waals surface area contributed by atoms with Crippen molar-refractivity contribution in [3.8, 4) is 17.2 Å². The Balaban J connectivity index is 1.93. The highest BCUT2D eigenvalue weighted by atomic mass is 19.3. The maximum Gasteiger partial charge on any atom is 0.387 e. The number of amides is 2. The van der Waals surface area contributed by atoms with Crippen LogP contribution in [0.15, 0.2) is 48.5 Å². The van der Waals surface area contributed by atoms with Crippen LogP contribution in [0.25, 0.3) is 6.08 Å². The molecule has 2 aromatic rings. The lowest BCUT2D eigenvalue weighted by molar-refractivity contribution is -0.118. The molecule has 0 heterocycles. The van der Waals surface area contributed by atoms with Crippen molar-refractivity contribution >= 4 is 23.6 Å². The number of carbonyl (C=O) groups excluding carboxylic acids is 2. The lowest BCUT2D eigenvalue weighted by Crippen LogP contribution is -2.14. The van der Waals surface area contributed by atoms with Gasteiger partial charge in [0.1, 0.15) is 5.75 Å². The van der Waals surface area contributed by atoms with Gasteiger partial charge in [-0.3, -0.25) is 9.59 Å². The van der Waals surface area contributed by atoms with Gasteiger partial charge in [0.05, 0.1) is 20.1 Å². The smallest absolute Gasteiger partial charge is 0.387 e. The summed E-state index contributed by atoms with van der Waals surface area (Å²) in [5.41, 5.74) is 6.14. The lowest BCUT2D eigenvalue weighted by atomic mass is 10.2. The second-order valence-electron chi connectivity index (χ2n) is 5.70. The Morgan fingerprint density at radius 1 is 1.14 bits per heavy atom. The molecule has 0 spiro atoms. The quantitative estimate of drug-likeness (QED) is 0.590. The van der Waals surface area contributed by atoms with Gasteiger partial charge < -0.3 is 25.3 Å². The van der Waals surface area contributed by atoms with E-state index in [1.54, 1.807) is 24.3 Å². The Morgan fingerprint density at radius 2 is 1.86 bits per heavy atom. The van der Waals surface area contributed by atoms with Crippen LogP contribution in [0.1, 0.15) is 12.0 Å². The summed E-state index contributed by atoms with van der Waals surface area (Å²) in [7, 11) is 1.33. The second-order valence-corrected chi connectivity index (χ2v) is 5.70. The van der Waals surface area contributed by atoms with Gasteiger partial charge in [0.2, 0.25) is 11.8 Å². The summed E-state index contributed by atoms with van der Waals surface area (Å²) in [6.45, 7) is -2.79. The largest absolute Gasteiger partial charge is 0.493 e. The van der Waals surface area contributed by atoms with Crippen LogP contribution >= 0.6 is 0 Å². The van der Waals surface area contributed by atoms with Gasteiger partial charge in [0, 0.05) is 11.8 Å². The van der Waals surface area contributed by atoms with E-state index in [1.165, 1.54) is 37.5 Å². The Hall–Kier alpha value is -3.62. The Bertz CT molecular complexity index is 870. The number of ether oxygens (including phenoxy) is 3. The predicted octanol–water partition coefficient (Wildman–Crippen LogP) is 3.20. The third kappa shape index (κ3) is 7.49.